The zero-order valence-electron chi connectivity index (χ0n) is 9.40. The van der Waals surface area contributed by atoms with Crippen LogP contribution < -0.4 is 16.6 Å². The van der Waals surface area contributed by atoms with Crippen molar-refractivity contribution in [1.82, 2.24) is 9.88 Å². The molecular weight excluding hydrogens is 206 g/mol. The van der Waals surface area contributed by atoms with E-state index in [2.05, 4.69) is 12.2 Å². The molecule has 0 saturated carbocycles. The predicted octanol–water partition coefficient (Wildman–Crippen LogP) is 0.347. The number of aromatic nitrogens is 1. The third kappa shape index (κ3) is 3.76. The molecule has 0 aliphatic heterocycles. The fraction of sp³-hybridized carbons (Fsp3) is 0.455. The Labute approximate surface area is 94.3 Å². The molecule has 0 atom stereocenters. The molecule has 5 heteroatoms. The molecule has 16 heavy (non-hydrogen) atoms. The number of hydrogen-bond acceptors (Lipinski definition) is 3. The number of nitrogens with two attached hydrogens (primary N) is 1. The average Bonchev–Trinajstić information content (AvgIpc) is 2.24. The fourth-order valence-electron chi connectivity index (χ4n) is 1.29. The molecule has 3 N–H and O–H groups in total. The van der Waals surface area contributed by atoms with Crippen LogP contribution in [0.1, 0.15) is 19.8 Å². The van der Waals surface area contributed by atoms with E-state index in [4.69, 9.17) is 5.73 Å². The monoisotopic (exact) mass is 223 g/mol. The van der Waals surface area contributed by atoms with Crippen LogP contribution in [-0.2, 0) is 11.3 Å². The first-order valence-corrected chi connectivity index (χ1v) is 5.36. The number of nitrogen functional groups attached to an aromatic ring is 1. The number of anilines is 1. The predicted molar refractivity (Wildman–Crippen MR) is 63.0 cm³/mol. The zero-order valence-corrected chi connectivity index (χ0v) is 9.40. The van der Waals surface area contributed by atoms with Crippen LogP contribution in [0.3, 0.4) is 0 Å². The maximum atomic E-state index is 11.4. The Kier molecular flexibility index (Phi) is 4.57. The summed E-state index contributed by atoms with van der Waals surface area (Å²) in [5, 5.41) is 2.74. The number of nitrogens with one attached hydrogen (secondary N) is 1. The van der Waals surface area contributed by atoms with Crippen LogP contribution >= 0.6 is 0 Å². The molecule has 88 valence electrons. The molecule has 0 fully saturated rings. The summed E-state index contributed by atoms with van der Waals surface area (Å²) in [6.45, 7) is 2.72. The van der Waals surface area contributed by atoms with E-state index in [1.54, 1.807) is 0 Å². The Balaban J connectivity index is 2.56. The molecule has 0 saturated heterocycles. The summed E-state index contributed by atoms with van der Waals surface area (Å²) in [6.07, 6.45) is 3.44. The molecule has 0 aliphatic rings. The van der Waals surface area contributed by atoms with E-state index < -0.39 is 0 Å². The van der Waals surface area contributed by atoms with Crippen LogP contribution in [-0.4, -0.2) is 17.0 Å². The van der Waals surface area contributed by atoms with E-state index in [9.17, 15) is 9.59 Å². The number of nitrogens with zero attached hydrogens (tertiary/aromatic N) is 1. The highest BCUT2D eigenvalue weighted by atomic mass is 16.2. The lowest BCUT2D eigenvalue weighted by Crippen LogP contribution is -2.32. The van der Waals surface area contributed by atoms with Crippen molar-refractivity contribution in [3.05, 3.63) is 28.7 Å². The Morgan fingerprint density at radius 1 is 1.50 bits per heavy atom. The third-order valence-corrected chi connectivity index (χ3v) is 2.17. The molecule has 1 heterocycles. The van der Waals surface area contributed by atoms with Gasteiger partial charge in [-0.15, -0.1) is 0 Å². The lowest BCUT2D eigenvalue weighted by molar-refractivity contribution is -0.121. The Morgan fingerprint density at radius 2 is 2.25 bits per heavy atom. The lowest BCUT2D eigenvalue weighted by atomic mass is 10.3. The summed E-state index contributed by atoms with van der Waals surface area (Å²) < 4.78 is 1.30. The maximum absolute atomic E-state index is 11.4. The molecular formula is C11H17N3O2. The van der Waals surface area contributed by atoms with E-state index in [0.29, 0.717) is 12.2 Å². The van der Waals surface area contributed by atoms with Crippen molar-refractivity contribution < 1.29 is 4.79 Å². The molecule has 0 spiro atoms. The SMILES string of the molecule is CCCCNC(=O)Cn1cc(N)ccc1=O. The molecule has 1 amide bonds. The minimum atomic E-state index is -0.222. The first-order valence-electron chi connectivity index (χ1n) is 5.36. The summed E-state index contributed by atoms with van der Waals surface area (Å²) in [5.41, 5.74) is 5.78. The van der Waals surface area contributed by atoms with Gasteiger partial charge in [0.15, 0.2) is 0 Å². The van der Waals surface area contributed by atoms with Crippen LogP contribution in [0.2, 0.25) is 0 Å². The Morgan fingerprint density at radius 3 is 2.94 bits per heavy atom. The van der Waals surface area contributed by atoms with E-state index >= 15 is 0 Å². The topological polar surface area (TPSA) is 77.1 Å². The van der Waals surface area contributed by atoms with Crippen molar-refractivity contribution in [2.45, 2.75) is 26.3 Å². The molecule has 1 aromatic rings. The molecule has 0 bridgehead atoms. The maximum Gasteiger partial charge on any atom is 0.251 e. The second-order valence-corrected chi connectivity index (χ2v) is 3.63. The van der Waals surface area contributed by atoms with Crippen LogP contribution in [0.25, 0.3) is 0 Å². The summed E-state index contributed by atoms with van der Waals surface area (Å²) in [4.78, 5) is 22.8. The Hall–Kier alpha value is -1.78. The Bertz CT molecular complexity index is 412. The summed E-state index contributed by atoms with van der Waals surface area (Å²) in [7, 11) is 0. The zero-order chi connectivity index (χ0) is 12.0. The average molecular weight is 223 g/mol. The standard InChI is InChI=1S/C11H17N3O2/c1-2-3-6-13-10(15)8-14-7-9(12)4-5-11(14)16/h4-5,7H,2-3,6,8,12H2,1H3,(H,13,15). The van der Waals surface area contributed by atoms with Gasteiger partial charge in [-0.3, -0.25) is 9.59 Å². The summed E-state index contributed by atoms with van der Waals surface area (Å²) in [5.74, 6) is -0.166. The quantitative estimate of drug-likeness (QED) is 0.707. The molecule has 1 rings (SSSR count). The van der Waals surface area contributed by atoms with E-state index in [-0.39, 0.29) is 18.0 Å². The van der Waals surface area contributed by atoms with Gasteiger partial charge in [-0.1, -0.05) is 13.3 Å². The van der Waals surface area contributed by atoms with Crippen LogP contribution in [0, 0.1) is 0 Å². The first-order chi connectivity index (χ1) is 7.63. The number of carbonyl (C=O) groups is 1. The van der Waals surface area contributed by atoms with E-state index in [1.165, 1.54) is 22.9 Å². The van der Waals surface area contributed by atoms with Crippen molar-refractivity contribution in [3.8, 4) is 0 Å². The third-order valence-electron chi connectivity index (χ3n) is 2.17. The number of unbranched alkanes of at least 4 members (excludes halogenated alkanes) is 1. The minimum absolute atomic E-state index is 0.0214. The highest BCUT2D eigenvalue weighted by Crippen LogP contribution is 1.95. The smallest absolute Gasteiger partial charge is 0.251 e. The molecule has 1 aromatic heterocycles. The molecule has 0 aromatic carbocycles. The van der Waals surface area contributed by atoms with Crippen molar-refractivity contribution in [1.29, 1.82) is 0 Å². The van der Waals surface area contributed by atoms with Crippen molar-refractivity contribution >= 4 is 11.6 Å². The fourth-order valence-corrected chi connectivity index (χ4v) is 1.29. The van der Waals surface area contributed by atoms with Crippen molar-refractivity contribution in [2.24, 2.45) is 0 Å². The van der Waals surface area contributed by atoms with Gasteiger partial charge in [-0.2, -0.15) is 0 Å². The van der Waals surface area contributed by atoms with E-state index in [0.717, 1.165) is 12.8 Å². The van der Waals surface area contributed by atoms with Gasteiger partial charge < -0.3 is 15.6 Å². The second-order valence-electron chi connectivity index (χ2n) is 3.63. The lowest BCUT2D eigenvalue weighted by Gasteiger charge is -2.07. The molecule has 0 unspecified atom stereocenters. The van der Waals surface area contributed by atoms with Gasteiger partial charge in [-0.25, -0.2) is 0 Å². The molecule has 0 radical (unpaired) electrons. The van der Waals surface area contributed by atoms with Gasteiger partial charge in [0, 0.05) is 24.5 Å². The number of hydrogen-bond donors (Lipinski definition) is 2. The van der Waals surface area contributed by atoms with Gasteiger partial charge in [-0.05, 0) is 12.5 Å². The number of carbonyl (C=O) groups excluding carboxylic acids is 1. The van der Waals surface area contributed by atoms with Gasteiger partial charge in [0.2, 0.25) is 5.91 Å². The van der Waals surface area contributed by atoms with Gasteiger partial charge in [0.1, 0.15) is 6.54 Å². The summed E-state index contributed by atoms with van der Waals surface area (Å²) in [6, 6.07) is 2.88. The second kappa shape index (κ2) is 5.95. The minimum Gasteiger partial charge on any atom is -0.398 e. The van der Waals surface area contributed by atoms with Crippen molar-refractivity contribution in [3.63, 3.8) is 0 Å². The van der Waals surface area contributed by atoms with Crippen LogP contribution in [0.5, 0.6) is 0 Å². The highest BCUT2D eigenvalue weighted by Gasteiger charge is 2.03. The van der Waals surface area contributed by atoms with Gasteiger partial charge in [0.05, 0.1) is 0 Å². The number of pyridine rings is 1. The first kappa shape index (κ1) is 12.3. The summed E-state index contributed by atoms with van der Waals surface area (Å²) >= 11 is 0. The number of rotatable bonds is 5. The molecule has 0 aliphatic carbocycles. The van der Waals surface area contributed by atoms with Gasteiger partial charge >= 0.3 is 0 Å². The number of amides is 1. The van der Waals surface area contributed by atoms with Crippen LogP contribution in [0.4, 0.5) is 5.69 Å². The molecule has 5 nitrogen and oxygen atoms in total. The van der Waals surface area contributed by atoms with Crippen LogP contribution in [0.15, 0.2) is 23.1 Å². The highest BCUT2D eigenvalue weighted by molar-refractivity contribution is 5.75. The van der Waals surface area contributed by atoms with Crippen molar-refractivity contribution in [2.75, 3.05) is 12.3 Å². The normalized spacial score (nSPS) is 10.1. The van der Waals surface area contributed by atoms with E-state index in [1.807, 2.05) is 0 Å². The van der Waals surface area contributed by atoms with Gasteiger partial charge in [0.25, 0.3) is 5.56 Å². The largest absolute Gasteiger partial charge is 0.398 e.